The van der Waals surface area contributed by atoms with Gasteiger partial charge in [0.25, 0.3) is 0 Å². The molecule has 2 unspecified atom stereocenters. The molecule has 1 heterocycles. The summed E-state index contributed by atoms with van der Waals surface area (Å²) in [5.41, 5.74) is 0. The van der Waals surface area contributed by atoms with Gasteiger partial charge in [-0.2, -0.15) is 0 Å². The molecule has 1 N–H and O–H groups in total. The van der Waals surface area contributed by atoms with E-state index in [0.29, 0.717) is 6.04 Å². The molecule has 0 saturated carbocycles. The van der Waals surface area contributed by atoms with Crippen LogP contribution in [0.4, 0.5) is 0 Å². The third kappa shape index (κ3) is 5.31. The minimum Gasteiger partial charge on any atom is -0.381 e. The van der Waals surface area contributed by atoms with Gasteiger partial charge in [-0.25, -0.2) is 0 Å². The molecule has 0 aromatic rings. The van der Waals surface area contributed by atoms with Gasteiger partial charge < -0.3 is 10.1 Å². The Morgan fingerprint density at radius 3 is 2.69 bits per heavy atom. The largest absolute Gasteiger partial charge is 0.381 e. The van der Waals surface area contributed by atoms with Crippen LogP contribution in [0.15, 0.2) is 0 Å². The highest BCUT2D eigenvalue weighted by Crippen LogP contribution is 2.18. The Kier molecular flexibility index (Phi) is 7.06. The lowest BCUT2D eigenvalue weighted by molar-refractivity contribution is 0.175. The number of nitrogens with one attached hydrogen (secondary N) is 1. The lowest BCUT2D eigenvalue weighted by Crippen LogP contribution is -2.36. The van der Waals surface area contributed by atoms with Crippen molar-refractivity contribution in [3.63, 3.8) is 0 Å². The Hall–Kier alpha value is -0.0800. The van der Waals surface area contributed by atoms with Crippen molar-refractivity contribution in [1.82, 2.24) is 5.32 Å². The molecule has 2 heteroatoms. The molecular weight excluding hydrogens is 198 g/mol. The Balaban J connectivity index is 2.04. The molecule has 16 heavy (non-hydrogen) atoms. The van der Waals surface area contributed by atoms with E-state index >= 15 is 0 Å². The maximum atomic E-state index is 5.46. The summed E-state index contributed by atoms with van der Waals surface area (Å²) >= 11 is 0. The fourth-order valence-electron chi connectivity index (χ4n) is 2.48. The molecule has 1 rings (SSSR count). The van der Waals surface area contributed by atoms with Crippen LogP contribution in [-0.2, 0) is 4.74 Å². The van der Waals surface area contributed by atoms with Gasteiger partial charge in [0.2, 0.25) is 0 Å². The number of rotatable bonds is 8. The van der Waals surface area contributed by atoms with Crippen LogP contribution < -0.4 is 5.32 Å². The first-order valence-electron chi connectivity index (χ1n) is 7.05. The summed E-state index contributed by atoms with van der Waals surface area (Å²) in [5.74, 6) is 1.61. The zero-order valence-electron chi connectivity index (χ0n) is 11.3. The number of ether oxygens (including phenoxy) is 1. The Bertz CT molecular complexity index is 164. The average molecular weight is 227 g/mol. The highest BCUT2D eigenvalue weighted by atomic mass is 16.5. The molecule has 0 aromatic carbocycles. The smallest absolute Gasteiger partial charge is 0.0509 e. The molecule has 0 radical (unpaired) electrons. The predicted octanol–water partition coefficient (Wildman–Crippen LogP) is 3.22. The van der Waals surface area contributed by atoms with Crippen molar-refractivity contribution in [1.29, 1.82) is 0 Å². The summed E-state index contributed by atoms with van der Waals surface area (Å²) in [6, 6.07) is 0.682. The number of hydrogen-bond acceptors (Lipinski definition) is 2. The summed E-state index contributed by atoms with van der Waals surface area (Å²) in [6.07, 6.45) is 6.53. The lowest BCUT2D eigenvalue weighted by Gasteiger charge is -2.22. The minimum absolute atomic E-state index is 0.682. The molecule has 96 valence electrons. The topological polar surface area (TPSA) is 21.3 Å². The van der Waals surface area contributed by atoms with E-state index in [1.165, 1.54) is 38.6 Å². The second kappa shape index (κ2) is 8.08. The molecule has 1 saturated heterocycles. The van der Waals surface area contributed by atoms with Crippen LogP contribution in [-0.4, -0.2) is 25.8 Å². The van der Waals surface area contributed by atoms with E-state index in [9.17, 15) is 0 Å². The van der Waals surface area contributed by atoms with E-state index in [2.05, 4.69) is 26.1 Å². The zero-order chi connectivity index (χ0) is 11.8. The van der Waals surface area contributed by atoms with Crippen LogP contribution >= 0.6 is 0 Å². The molecule has 2 atom stereocenters. The van der Waals surface area contributed by atoms with Crippen molar-refractivity contribution in [2.45, 2.75) is 58.9 Å². The third-order valence-electron chi connectivity index (χ3n) is 3.59. The molecule has 1 fully saturated rings. The summed E-state index contributed by atoms with van der Waals surface area (Å²) in [6.45, 7) is 10.0. The number of unbranched alkanes of at least 4 members (excludes halogenated alkanes) is 1. The van der Waals surface area contributed by atoms with Gasteiger partial charge in [-0.05, 0) is 37.6 Å². The predicted molar refractivity (Wildman–Crippen MR) is 69.7 cm³/mol. The van der Waals surface area contributed by atoms with Crippen molar-refractivity contribution in [3.8, 4) is 0 Å². The van der Waals surface area contributed by atoms with Crippen molar-refractivity contribution < 1.29 is 4.74 Å². The SMILES string of the molecule is CCC(NCCCCC(C)C)C1CCOC1. The second-order valence-electron chi connectivity index (χ2n) is 5.48. The maximum absolute atomic E-state index is 5.46. The first kappa shape index (κ1) is 14.0. The van der Waals surface area contributed by atoms with Crippen LogP contribution in [0.3, 0.4) is 0 Å². The quantitative estimate of drug-likeness (QED) is 0.643. The van der Waals surface area contributed by atoms with Gasteiger partial charge in [0.15, 0.2) is 0 Å². The van der Waals surface area contributed by atoms with E-state index < -0.39 is 0 Å². The minimum atomic E-state index is 0.682. The Morgan fingerprint density at radius 2 is 2.12 bits per heavy atom. The molecule has 0 amide bonds. The van der Waals surface area contributed by atoms with Crippen molar-refractivity contribution in [2.24, 2.45) is 11.8 Å². The van der Waals surface area contributed by atoms with Crippen LogP contribution in [0.1, 0.15) is 52.9 Å². The van der Waals surface area contributed by atoms with Crippen molar-refractivity contribution in [2.75, 3.05) is 19.8 Å². The molecule has 2 nitrogen and oxygen atoms in total. The van der Waals surface area contributed by atoms with Crippen LogP contribution in [0.5, 0.6) is 0 Å². The first-order valence-corrected chi connectivity index (χ1v) is 7.05. The average Bonchev–Trinajstić information content (AvgIpc) is 2.76. The molecule has 1 aliphatic heterocycles. The first-order chi connectivity index (χ1) is 7.74. The van der Waals surface area contributed by atoms with E-state index in [0.717, 1.165) is 25.0 Å². The lowest BCUT2D eigenvalue weighted by atomic mass is 9.96. The van der Waals surface area contributed by atoms with E-state index in [1.54, 1.807) is 0 Å². The van der Waals surface area contributed by atoms with Crippen LogP contribution in [0.2, 0.25) is 0 Å². The maximum Gasteiger partial charge on any atom is 0.0509 e. The monoisotopic (exact) mass is 227 g/mol. The third-order valence-corrected chi connectivity index (χ3v) is 3.59. The van der Waals surface area contributed by atoms with Crippen LogP contribution in [0.25, 0.3) is 0 Å². The molecule has 0 bridgehead atoms. The molecular formula is C14H29NO. The molecule has 0 aliphatic carbocycles. The highest BCUT2D eigenvalue weighted by Gasteiger charge is 2.23. The van der Waals surface area contributed by atoms with Gasteiger partial charge in [-0.1, -0.05) is 33.6 Å². The molecule has 1 aliphatic rings. The zero-order valence-corrected chi connectivity index (χ0v) is 11.3. The highest BCUT2D eigenvalue weighted by molar-refractivity contribution is 4.78. The van der Waals surface area contributed by atoms with Crippen LogP contribution in [0, 0.1) is 11.8 Å². The summed E-state index contributed by atoms with van der Waals surface area (Å²) in [4.78, 5) is 0. The van der Waals surface area contributed by atoms with Gasteiger partial charge >= 0.3 is 0 Å². The molecule has 0 aromatic heterocycles. The number of hydrogen-bond donors (Lipinski definition) is 1. The van der Waals surface area contributed by atoms with Crippen molar-refractivity contribution in [3.05, 3.63) is 0 Å². The summed E-state index contributed by atoms with van der Waals surface area (Å²) < 4.78 is 5.46. The standard InChI is InChI=1S/C14H29NO/c1-4-14(13-8-10-16-11-13)15-9-6-5-7-12(2)3/h12-15H,4-11H2,1-3H3. The van der Waals surface area contributed by atoms with Gasteiger partial charge in [0, 0.05) is 12.6 Å². The fraction of sp³-hybridized carbons (Fsp3) is 1.00. The van der Waals surface area contributed by atoms with Gasteiger partial charge in [0.1, 0.15) is 0 Å². The summed E-state index contributed by atoms with van der Waals surface area (Å²) in [5, 5.41) is 3.71. The van der Waals surface area contributed by atoms with Gasteiger partial charge in [-0.3, -0.25) is 0 Å². The Labute approximate surface area is 101 Å². The Morgan fingerprint density at radius 1 is 1.31 bits per heavy atom. The van der Waals surface area contributed by atoms with E-state index in [4.69, 9.17) is 4.74 Å². The fourth-order valence-corrected chi connectivity index (χ4v) is 2.48. The molecule has 0 spiro atoms. The summed E-state index contributed by atoms with van der Waals surface area (Å²) in [7, 11) is 0. The van der Waals surface area contributed by atoms with Crippen molar-refractivity contribution >= 4 is 0 Å². The normalized spacial score (nSPS) is 22.9. The second-order valence-corrected chi connectivity index (χ2v) is 5.48. The van der Waals surface area contributed by atoms with E-state index in [1.807, 2.05) is 0 Å². The van der Waals surface area contributed by atoms with Gasteiger partial charge in [-0.15, -0.1) is 0 Å². The van der Waals surface area contributed by atoms with E-state index in [-0.39, 0.29) is 0 Å². The van der Waals surface area contributed by atoms with Gasteiger partial charge in [0.05, 0.1) is 6.61 Å².